The van der Waals surface area contributed by atoms with Crippen LogP contribution < -0.4 is 5.73 Å². The third-order valence-electron chi connectivity index (χ3n) is 3.12. The van der Waals surface area contributed by atoms with Crippen molar-refractivity contribution in [2.24, 2.45) is 5.73 Å². The molecule has 0 atom stereocenters. The van der Waals surface area contributed by atoms with Gasteiger partial charge in [0.1, 0.15) is 11.5 Å². The molecule has 0 radical (unpaired) electrons. The van der Waals surface area contributed by atoms with Crippen LogP contribution in [0.4, 0.5) is 0 Å². The van der Waals surface area contributed by atoms with Gasteiger partial charge in [-0.15, -0.1) is 0 Å². The van der Waals surface area contributed by atoms with Crippen LogP contribution in [-0.2, 0) is 19.4 Å². The van der Waals surface area contributed by atoms with Crippen LogP contribution in [0.5, 0.6) is 0 Å². The number of Topliss-reactive ketones (excluding diaryl/α,β-unsaturated/α-hetero) is 1. The van der Waals surface area contributed by atoms with E-state index in [-0.39, 0.29) is 5.78 Å². The Morgan fingerprint density at radius 2 is 2.31 bits per heavy atom. The minimum absolute atomic E-state index is 0.153. The van der Waals surface area contributed by atoms with Crippen LogP contribution in [-0.4, -0.2) is 21.9 Å². The largest absolute Gasteiger partial charge is 0.330 e. The highest BCUT2D eigenvalue weighted by molar-refractivity contribution is 5.95. The van der Waals surface area contributed by atoms with E-state index in [4.69, 9.17) is 5.73 Å². The second kappa shape index (κ2) is 4.78. The van der Waals surface area contributed by atoms with Crippen molar-refractivity contribution in [3.63, 3.8) is 0 Å². The average molecular weight is 221 g/mol. The number of nitrogens with two attached hydrogens (primary N) is 1. The molecular weight excluding hydrogens is 202 g/mol. The van der Waals surface area contributed by atoms with E-state index in [1.807, 2.05) is 6.92 Å². The van der Waals surface area contributed by atoms with Gasteiger partial charge >= 0.3 is 0 Å². The molecule has 0 fully saturated rings. The molecular formula is C12H19N3O. The lowest BCUT2D eigenvalue weighted by atomic mass is 10.1. The molecule has 1 aromatic heterocycles. The first-order chi connectivity index (χ1) is 7.77. The van der Waals surface area contributed by atoms with Gasteiger partial charge in [0.25, 0.3) is 0 Å². The Morgan fingerprint density at radius 3 is 3.00 bits per heavy atom. The Kier molecular flexibility index (Phi) is 3.39. The Morgan fingerprint density at radius 1 is 1.50 bits per heavy atom. The lowest BCUT2D eigenvalue weighted by Crippen LogP contribution is -2.18. The van der Waals surface area contributed by atoms with Crippen molar-refractivity contribution in [1.82, 2.24) is 9.55 Å². The van der Waals surface area contributed by atoms with Crippen LogP contribution >= 0.6 is 0 Å². The number of carbonyl (C=O) groups excluding carboxylic acids is 1. The van der Waals surface area contributed by atoms with Gasteiger partial charge in [0, 0.05) is 19.4 Å². The normalized spacial score (nSPS) is 14.9. The summed E-state index contributed by atoms with van der Waals surface area (Å²) < 4.78 is 2.11. The van der Waals surface area contributed by atoms with Crippen molar-refractivity contribution in [2.75, 3.05) is 6.54 Å². The van der Waals surface area contributed by atoms with E-state index in [1.54, 1.807) is 0 Å². The Hall–Kier alpha value is -1.16. The molecule has 0 spiro atoms. The minimum atomic E-state index is 0.153. The van der Waals surface area contributed by atoms with Gasteiger partial charge < -0.3 is 10.3 Å². The first-order valence-corrected chi connectivity index (χ1v) is 6.09. The number of hydrogen-bond acceptors (Lipinski definition) is 3. The SMILES string of the molecule is CCc1nc2n(c1C(=O)CCN)CCCC2. The molecule has 16 heavy (non-hydrogen) atoms. The highest BCUT2D eigenvalue weighted by Gasteiger charge is 2.22. The molecule has 0 amide bonds. The molecule has 1 aromatic rings. The third kappa shape index (κ3) is 1.89. The fraction of sp³-hybridized carbons (Fsp3) is 0.667. The molecule has 4 nitrogen and oxygen atoms in total. The summed E-state index contributed by atoms with van der Waals surface area (Å²) in [7, 11) is 0. The summed E-state index contributed by atoms with van der Waals surface area (Å²) in [6.45, 7) is 3.41. The zero-order chi connectivity index (χ0) is 11.5. The molecule has 4 heteroatoms. The lowest BCUT2D eigenvalue weighted by molar-refractivity contribution is 0.0974. The van der Waals surface area contributed by atoms with Crippen molar-refractivity contribution in [2.45, 2.75) is 45.6 Å². The van der Waals surface area contributed by atoms with Gasteiger partial charge in [0.05, 0.1) is 5.69 Å². The van der Waals surface area contributed by atoms with Gasteiger partial charge in [0.2, 0.25) is 0 Å². The highest BCUT2D eigenvalue weighted by atomic mass is 16.1. The van der Waals surface area contributed by atoms with Crippen LogP contribution in [0.3, 0.4) is 0 Å². The Labute approximate surface area is 95.9 Å². The summed E-state index contributed by atoms with van der Waals surface area (Å²) in [5, 5.41) is 0. The van der Waals surface area contributed by atoms with Crippen LogP contribution in [0.15, 0.2) is 0 Å². The van der Waals surface area contributed by atoms with E-state index < -0.39 is 0 Å². The number of aryl methyl sites for hydroxylation is 2. The van der Waals surface area contributed by atoms with Gasteiger partial charge in [-0.3, -0.25) is 4.79 Å². The van der Waals surface area contributed by atoms with Crippen LogP contribution in [0.2, 0.25) is 0 Å². The molecule has 1 aliphatic heterocycles. The molecule has 2 N–H and O–H groups in total. The summed E-state index contributed by atoms with van der Waals surface area (Å²) in [6, 6.07) is 0. The van der Waals surface area contributed by atoms with E-state index in [2.05, 4.69) is 9.55 Å². The fourth-order valence-electron chi connectivity index (χ4n) is 2.35. The van der Waals surface area contributed by atoms with E-state index in [0.29, 0.717) is 13.0 Å². The van der Waals surface area contributed by atoms with Crippen LogP contribution in [0, 0.1) is 0 Å². The fourth-order valence-corrected chi connectivity index (χ4v) is 2.35. The zero-order valence-electron chi connectivity index (χ0n) is 9.83. The molecule has 0 saturated carbocycles. The first-order valence-electron chi connectivity index (χ1n) is 6.09. The molecule has 0 aliphatic carbocycles. The maximum absolute atomic E-state index is 12.0. The summed E-state index contributed by atoms with van der Waals surface area (Å²) >= 11 is 0. The molecule has 2 rings (SSSR count). The summed E-state index contributed by atoms with van der Waals surface area (Å²) in [5.74, 6) is 1.24. The molecule has 88 valence electrons. The van der Waals surface area contributed by atoms with Crippen molar-refractivity contribution in [3.05, 3.63) is 17.2 Å². The molecule has 0 unspecified atom stereocenters. The average Bonchev–Trinajstić information content (AvgIpc) is 2.67. The predicted molar refractivity (Wildman–Crippen MR) is 62.5 cm³/mol. The van der Waals surface area contributed by atoms with Gasteiger partial charge in [-0.1, -0.05) is 6.92 Å². The van der Waals surface area contributed by atoms with Crippen molar-refractivity contribution in [3.8, 4) is 0 Å². The molecule has 0 saturated heterocycles. The number of hydrogen-bond donors (Lipinski definition) is 1. The van der Waals surface area contributed by atoms with Crippen molar-refractivity contribution < 1.29 is 4.79 Å². The number of imidazole rings is 1. The van der Waals surface area contributed by atoms with Crippen molar-refractivity contribution >= 4 is 5.78 Å². The van der Waals surface area contributed by atoms with E-state index in [1.165, 1.54) is 6.42 Å². The van der Waals surface area contributed by atoms with E-state index in [0.717, 1.165) is 43.0 Å². The highest BCUT2D eigenvalue weighted by Crippen LogP contribution is 2.21. The maximum atomic E-state index is 12.0. The van der Waals surface area contributed by atoms with Crippen LogP contribution in [0.25, 0.3) is 0 Å². The quantitative estimate of drug-likeness (QED) is 0.780. The number of aromatic nitrogens is 2. The monoisotopic (exact) mass is 221 g/mol. The number of rotatable bonds is 4. The van der Waals surface area contributed by atoms with Crippen LogP contribution in [0.1, 0.15) is 48.2 Å². The van der Waals surface area contributed by atoms with Gasteiger partial charge in [0.15, 0.2) is 5.78 Å². The van der Waals surface area contributed by atoms with E-state index >= 15 is 0 Å². The smallest absolute Gasteiger partial charge is 0.182 e. The standard InChI is InChI=1S/C12H19N3O/c1-2-9-12(10(16)6-7-13)15-8-4-3-5-11(15)14-9/h2-8,13H2,1H3. The predicted octanol–water partition coefficient (Wildman–Crippen LogP) is 1.31. The van der Waals surface area contributed by atoms with Gasteiger partial charge in [-0.25, -0.2) is 4.98 Å². The number of carbonyl (C=O) groups is 1. The number of nitrogens with zero attached hydrogens (tertiary/aromatic N) is 2. The molecule has 2 heterocycles. The van der Waals surface area contributed by atoms with E-state index in [9.17, 15) is 4.79 Å². The lowest BCUT2D eigenvalue weighted by Gasteiger charge is -2.15. The Balaban J connectivity index is 2.40. The topological polar surface area (TPSA) is 60.9 Å². The van der Waals surface area contributed by atoms with Gasteiger partial charge in [-0.05, 0) is 25.8 Å². The second-order valence-corrected chi connectivity index (χ2v) is 4.25. The second-order valence-electron chi connectivity index (χ2n) is 4.25. The maximum Gasteiger partial charge on any atom is 0.182 e. The number of fused-ring (bicyclic) bond motifs is 1. The third-order valence-corrected chi connectivity index (χ3v) is 3.12. The molecule has 1 aliphatic rings. The summed E-state index contributed by atoms with van der Waals surface area (Å²) in [6.07, 6.45) is 4.59. The molecule has 0 bridgehead atoms. The van der Waals surface area contributed by atoms with Crippen molar-refractivity contribution in [1.29, 1.82) is 0 Å². The first kappa shape index (κ1) is 11.3. The van der Waals surface area contributed by atoms with Gasteiger partial charge in [-0.2, -0.15) is 0 Å². The minimum Gasteiger partial charge on any atom is -0.330 e. The molecule has 0 aromatic carbocycles. The Bertz CT molecular complexity index is 395. The summed E-state index contributed by atoms with van der Waals surface area (Å²) in [4.78, 5) is 16.6. The zero-order valence-corrected chi connectivity index (χ0v) is 9.83. The number of ketones is 1. The summed E-state index contributed by atoms with van der Waals surface area (Å²) in [5.41, 5.74) is 7.23.